The number of piperazine rings is 1. The minimum atomic E-state index is 0.0793. The van der Waals surface area contributed by atoms with Crippen LogP contribution in [0.1, 0.15) is 58.3 Å². The summed E-state index contributed by atoms with van der Waals surface area (Å²) in [6, 6.07) is 0.423. The molecule has 24 heavy (non-hydrogen) atoms. The summed E-state index contributed by atoms with van der Waals surface area (Å²) < 4.78 is 0. The summed E-state index contributed by atoms with van der Waals surface area (Å²) in [6.07, 6.45) is 9.58. The van der Waals surface area contributed by atoms with E-state index in [1.807, 2.05) is 11.8 Å². The van der Waals surface area contributed by atoms with Crippen molar-refractivity contribution in [2.24, 2.45) is 0 Å². The standard InChI is InChI=1S/C18H34N4O2/c1-2-10-19-17(23)15-21-11-13-22(14-12-21)18(24)20-16-8-6-4-3-5-7-9-16/h16H,2-15H2,1H3,(H,19,23)(H,20,24). The average molecular weight is 338 g/mol. The zero-order valence-corrected chi connectivity index (χ0v) is 15.2. The topological polar surface area (TPSA) is 64.7 Å². The lowest BCUT2D eigenvalue weighted by Gasteiger charge is -2.35. The molecule has 138 valence electrons. The Morgan fingerprint density at radius 2 is 1.58 bits per heavy atom. The van der Waals surface area contributed by atoms with Gasteiger partial charge in [-0.1, -0.05) is 39.0 Å². The van der Waals surface area contributed by atoms with Crippen LogP contribution < -0.4 is 10.6 Å². The van der Waals surface area contributed by atoms with Crippen molar-refractivity contribution in [2.45, 2.75) is 64.3 Å². The molecular weight excluding hydrogens is 304 g/mol. The predicted octanol–water partition coefficient (Wildman–Crippen LogP) is 1.95. The Balaban J connectivity index is 1.67. The first-order valence-corrected chi connectivity index (χ1v) is 9.73. The van der Waals surface area contributed by atoms with Gasteiger partial charge in [-0.3, -0.25) is 9.69 Å². The zero-order chi connectivity index (χ0) is 17.2. The third kappa shape index (κ3) is 6.67. The van der Waals surface area contributed by atoms with Crippen molar-refractivity contribution in [1.29, 1.82) is 0 Å². The Hall–Kier alpha value is -1.30. The number of nitrogens with one attached hydrogen (secondary N) is 2. The summed E-state index contributed by atoms with van der Waals surface area (Å²) in [5.41, 5.74) is 0. The van der Waals surface area contributed by atoms with Crippen LogP contribution in [0.4, 0.5) is 4.79 Å². The molecule has 0 aromatic heterocycles. The number of nitrogens with zero attached hydrogens (tertiary/aromatic N) is 2. The van der Waals surface area contributed by atoms with Crippen LogP contribution in [0.5, 0.6) is 0 Å². The van der Waals surface area contributed by atoms with Crippen molar-refractivity contribution in [2.75, 3.05) is 39.3 Å². The van der Waals surface area contributed by atoms with Gasteiger partial charge in [0, 0.05) is 38.8 Å². The van der Waals surface area contributed by atoms with E-state index < -0.39 is 0 Å². The Morgan fingerprint density at radius 3 is 2.21 bits per heavy atom. The number of carbonyl (C=O) groups excluding carboxylic acids is 2. The van der Waals surface area contributed by atoms with E-state index in [0.717, 1.165) is 38.9 Å². The third-order valence-electron chi connectivity index (χ3n) is 5.03. The van der Waals surface area contributed by atoms with Crippen molar-refractivity contribution in [1.82, 2.24) is 20.4 Å². The molecule has 0 atom stereocenters. The molecule has 1 aliphatic heterocycles. The lowest BCUT2D eigenvalue weighted by molar-refractivity contribution is -0.122. The third-order valence-corrected chi connectivity index (χ3v) is 5.03. The minimum Gasteiger partial charge on any atom is -0.355 e. The SMILES string of the molecule is CCCNC(=O)CN1CCN(C(=O)NC2CCCCCCC2)CC1. The summed E-state index contributed by atoms with van der Waals surface area (Å²) in [6.45, 7) is 6.20. The van der Waals surface area contributed by atoms with Gasteiger partial charge in [0.2, 0.25) is 5.91 Å². The lowest BCUT2D eigenvalue weighted by Crippen LogP contribution is -2.54. The highest BCUT2D eigenvalue weighted by Crippen LogP contribution is 2.17. The van der Waals surface area contributed by atoms with E-state index in [2.05, 4.69) is 15.5 Å². The number of urea groups is 1. The fourth-order valence-electron chi connectivity index (χ4n) is 3.50. The fourth-order valence-corrected chi connectivity index (χ4v) is 3.50. The summed E-state index contributed by atoms with van der Waals surface area (Å²) in [5.74, 6) is 0.0873. The van der Waals surface area contributed by atoms with Crippen molar-refractivity contribution in [3.63, 3.8) is 0 Å². The van der Waals surface area contributed by atoms with Crippen LogP contribution in [0.15, 0.2) is 0 Å². The molecule has 1 saturated carbocycles. The van der Waals surface area contributed by atoms with E-state index in [-0.39, 0.29) is 11.9 Å². The normalized spacial score (nSPS) is 21.0. The fraction of sp³-hybridized carbons (Fsp3) is 0.889. The van der Waals surface area contributed by atoms with Gasteiger partial charge in [-0.05, 0) is 19.3 Å². The summed E-state index contributed by atoms with van der Waals surface area (Å²) >= 11 is 0. The highest BCUT2D eigenvalue weighted by molar-refractivity contribution is 5.78. The van der Waals surface area contributed by atoms with Crippen LogP contribution >= 0.6 is 0 Å². The number of carbonyl (C=O) groups is 2. The van der Waals surface area contributed by atoms with E-state index in [4.69, 9.17) is 0 Å². The Bertz CT molecular complexity index is 386. The molecule has 2 rings (SSSR count). The van der Waals surface area contributed by atoms with Gasteiger partial charge in [0.25, 0.3) is 0 Å². The lowest BCUT2D eigenvalue weighted by atomic mass is 9.97. The van der Waals surface area contributed by atoms with Gasteiger partial charge in [0.1, 0.15) is 0 Å². The molecule has 1 heterocycles. The number of rotatable bonds is 5. The molecule has 0 unspecified atom stereocenters. The molecule has 1 saturated heterocycles. The molecule has 1 aliphatic carbocycles. The van der Waals surface area contributed by atoms with Gasteiger partial charge in [0.15, 0.2) is 0 Å². The monoisotopic (exact) mass is 338 g/mol. The molecule has 0 spiro atoms. The molecule has 0 bridgehead atoms. The van der Waals surface area contributed by atoms with E-state index in [9.17, 15) is 9.59 Å². The Labute approximate surface area is 146 Å². The van der Waals surface area contributed by atoms with E-state index in [1.165, 1.54) is 32.1 Å². The number of hydrogen-bond donors (Lipinski definition) is 2. The van der Waals surface area contributed by atoms with E-state index in [0.29, 0.717) is 25.7 Å². The van der Waals surface area contributed by atoms with Crippen LogP contribution in [0, 0.1) is 0 Å². The van der Waals surface area contributed by atoms with Gasteiger partial charge in [0.05, 0.1) is 6.54 Å². The second kappa shape index (κ2) is 10.5. The van der Waals surface area contributed by atoms with E-state index in [1.54, 1.807) is 0 Å². The van der Waals surface area contributed by atoms with Crippen LogP contribution in [0.2, 0.25) is 0 Å². The van der Waals surface area contributed by atoms with Gasteiger partial charge in [-0.15, -0.1) is 0 Å². The molecule has 3 amide bonds. The molecule has 2 aliphatic rings. The molecule has 0 aromatic carbocycles. The van der Waals surface area contributed by atoms with Gasteiger partial charge in [-0.25, -0.2) is 4.79 Å². The summed E-state index contributed by atoms with van der Waals surface area (Å²) in [5, 5.41) is 6.13. The van der Waals surface area contributed by atoms with Crippen molar-refractivity contribution in [3.8, 4) is 0 Å². The molecular formula is C18H34N4O2. The minimum absolute atomic E-state index is 0.0793. The second-order valence-corrected chi connectivity index (χ2v) is 7.10. The largest absolute Gasteiger partial charge is 0.355 e. The van der Waals surface area contributed by atoms with Crippen molar-refractivity contribution < 1.29 is 9.59 Å². The second-order valence-electron chi connectivity index (χ2n) is 7.10. The van der Waals surface area contributed by atoms with Crippen LogP contribution in [-0.4, -0.2) is 67.0 Å². The quantitative estimate of drug-likeness (QED) is 0.805. The first-order chi connectivity index (χ1) is 11.7. The summed E-state index contributed by atoms with van der Waals surface area (Å²) in [7, 11) is 0. The molecule has 6 nitrogen and oxygen atoms in total. The van der Waals surface area contributed by atoms with Crippen molar-refractivity contribution in [3.05, 3.63) is 0 Å². The number of amides is 3. The molecule has 0 radical (unpaired) electrons. The van der Waals surface area contributed by atoms with Crippen molar-refractivity contribution >= 4 is 11.9 Å². The average Bonchev–Trinajstić information content (AvgIpc) is 2.56. The van der Waals surface area contributed by atoms with Crippen LogP contribution in [0.3, 0.4) is 0 Å². The highest BCUT2D eigenvalue weighted by atomic mass is 16.2. The smallest absolute Gasteiger partial charge is 0.317 e. The molecule has 0 aromatic rings. The first kappa shape index (κ1) is 19.0. The maximum Gasteiger partial charge on any atom is 0.317 e. The Kier molecular flexibility index (Phi) is 8.36. The highest BCUT2D eigenvalue weighted by Gasteiger charge is 2.24. The molecule has 6 heteroatoms. The van der Waals surface area contributed by atoms with Crippen LogP contribution in [-0.2, 0) is 4.79 Å². The summed E-state index contributed by atoms with van der Waals surface area (Å²) in [4.78, 5) is 28.2. The number of hydrogen-bond acceptors (Lipinski definition) is 3. The van der Waals surface area contributed by atoms with Gasteiger partial charge in [-0.2, -0.15) is 0 Å². The predicted molar refractivity (Wildman–Crippen MR) is 96.0 cm³/mol. The van der Waals surface area contributed by atoms with Gasteiger partial charge >= 0.3 is 6.03 Å². The zero-order valence-electron chi connectivity index (χ0n) is 15.2. The maximum absolute atomic E-state index is 12.5. The molecule has 2 N–H and O–H groups in total. The van der Waals surface area contributed by atoms with E-state index >= 15 is 0 Å². The molecule has 2 fully saturated rings. The first-order valence-electron chi connectivity index (χ1n) is 9.73. The van der Waals surface area contributed by atoms with Crippen LogP contribution in [0.25, 0.3) is 0 Å². The maximum atomic E-state index is 12.5. The van der Waals surface area contributed by atoms with Gasteiger partial charge < -0.3 is 15.5 Å². The Morgan fingerprint density at radius 1 is 0.958 bits per heavy atom.